The van der Waals surface area contributed by atoms with Crippen molar-refractivity contribution in [3.63, 3.8) is 0 Å². The number of methoxy groups -OCH3 is 1. The molecule has 1 aliphatic heterocycles. The van der Waals surface area contributed by atoms with Crippen LogP contribution in [0.1, 0.15) is 35.0 Å². The van der Waals surface area contributed by atoms with Gasteiger partial charge in [-0.3, -0.25) is 9.59 Å². The normalized spacial score (nSPS) is 20.1. The third kappa shape index (κ3) is 2.98. The molecular formula is C20H26N2O4. The molecule has 1 amide bonds. The number of carbonyl (C=O) groups excluding carboxylic acids is 1. The van der Waals surface area contributed by atoms with Gasteiger partial charge >= 0.3 is 5.97 Å². The fourth-order valence-electron chi connectivity index (χ4n) is 3.75. The number of rotatable bonds is 5. The number of carboxylic acid groups (broad SMARTS) is 1. The van der Waals surface area contributed by atoms with Gasteiger partial charge in [-0.1, -0.05) is 0 Å². The molecule has 26 heavy (non-hydrogen) atoms. The highest BCUT2D eigenvalue weighted by Crippen LogP contribution is 2.32. The Bertz CT molecular complexity index is 870. The number of aryl methyl sites for hydroxylation is 1. The second-order valence-corrected chi connectivity index (χ2v) is 7.43. The molecule has 1 N–H and O–H groups in total. The highest BCUT2D eigenvalue weighted by Gasteiger charge is 2.42. The summed E-state index contributed by atoms with van der Waals surface area (Å²) in [7, 11) is 1.69. The van der Waals surface area contributed by atoms with Gasteiger partial charge in [-0.2, -0.15) is 0 Å². The number of aliphatic carboxylic acids is 1. The second-order valence-electron chi connectivity index (χ2n) is 7.43. The Morgan fingerprint density at radius 2 is 2.04 bits per heavy atom. The summed E-state index contributed by atoms with van der Waals surface area (Å²) in [6, 6.07) is 5.74. The number of likely N-dealkylation sites (tertiary alicyclic amines) is 1. The van der Waals surface area contributed by atoms with Crippen molar-refractivity contribution in [1.29, 1.82) is 0 Å². The molecule has 1 aliphatic rings. The number of amides is 1. The number of hydrogen-bond acceptors (Lipinski definition) is 3. The van der Waals surface area contributed by atoms with Crippen LogP contribution < -0.4 is 0 Å². The molecule has 3 rings (SSSR count). The second kappa shape index (κ2) is 6.76. The molecule has 2 heterocycles. The van der Waals surface area contributed by atoms with E-state index in [4.69, 9.17) is 4.74 Å². The van der Waals surface area contributed by atoms with Gasteiger partial charge in [0.05, 0.1) is 12.0 Å². The molecule has 1 aromatic heterocycles. The van der Waals surface area contributed by atoms with Crippen LogP contribution in [0, 0.1) is 19.3 Å². The number of benzene rings is 1. The van der Waals surface area contributed by atoms with Gasteiger partial charge in [0.2, 0.25) is 0 Å². The van der Waals surface area contributed by atoms with Crippen molar-refractivity contribution in [1.82, 2.24) is 9.47 Å². The number of nitrogens with zero attached hydrogens (tertiary/aromatic N) is 2. The third-order valence-corrected chi connectivity index (χ3v) is 5.68. The molecule has 2 aromatic rings. The monoisotopic (exact) mass is 358 g/mol. The molecule has 6 nitrogen and oxygen atoms in total. The highest BCUT2D eigenvalue weighted by atomic mass is 16.5. The zero-order valence-electron chi connectivity index (χ0n) is 15.8. The fourth-order valence-corrected chi connectivity index (χ4v) is 3.75. The maximum Gasteiger partial charge on any atom is 0.311 e. The molecule has 6 heteroatoms. The summed E-state index contributed by atoms with van der Waals surface area (Å²) in [5.41, 5.74) is 3.17. The lowest BCUT2D eigenvalue weighted by atomic mass is 9.90. The first kappa shape index (κ1) is 18.5. The Morgan fingerprint density at radius 3 is 2.65 bits per heavy atom. The topological polar surface area (TPSA) is 71.8 Å². The average Bonchev–Trinajstić information content (AvgIpc) is 3.13. The van der Waals surface area contributed by atoms with E-state index in [0.717, 1.165) is 23.0 Å². The SMILES string of the molecule is COCCn1c(C)c(C)c2cc(C(=O)N3CC[C@](C)(C(=O)O)C3)ccc21. The Morgan fingerprint density at radius 1 is 1.31 bits per heavy atom. The van der Waals surface area contributed by atoms with E-state index < -0.39 is 11.4 Å². The van der Waals surface area contributed by atoms with Gasteiger partial charge in [0.1, 0.15) is 0 Å². The molecule has 1 saturated heterocycles. The van der Waals surface area contributed by atoms with Gasteiger partial charge in [0.25, 0.3) is 5.91 Å². The summed E-state index contributed by atoms with van der Waals surface area (Å²) in [6.45, 7) is 7.97. The molecule has 1 atom stereocenters. The predicted octanol–water partition coefficient (Wildman–Crippen LogP) is 2.84. The summed E-state index contributed by atoms with van der Waals surface area (Å²) in [4.78, 5) is 26.0. The van der Waals surface area contributed by atoms with Crippen LogP contribution in [0.5, 0.6) is 0 Å². The fraction of sp³-hybridized carbons (Fsp3) is 0.500. The first-order valence-corrected chi connectivity index (χ1v) is 8.89. The third-order valence-electron chi connectivity index (χ3n) is 5.68. The van der Waals surface area contributed by atoms with E-state index in [0.29, 0.717) is 25.1 Å². The smallest absolute Gasteiger partial charge is 0.311 e. The Kier molecular flexibility index (Phi) is 4.80. The first-order chi connectivity index (χ1) is 12.3. The van der Waals surface area contributed by atoms with Crippen molar-refractivity contribution >= 4 is 22.8 Å². The minimum Gasteiger partial charge on any atom is -0.481 e. The van der Waals surface area contributed by atoms with E-state index in [1.165, 1.54) is 5.69 Å². The van der Waals surface area contributed by atoms with Gasteiger partial charge < -0.3 is 19.3 Å². The molecule has 0 radical (unpaired) electrons. The number of carboxylic acids is 1. The molecule has 1 aromatic carbocycles. The minimum absolute atomic E-state index is 0.0985. The molecule has 0 bridgehead atoms. The van der Waals surface area contributed by atoms with Gasteiger partial charge in [-0.25, -0.2) is 0 Å². The standard InChI is InChI=1S/C20H26N2O4/c1-13-14(2)22(9-10-26-4)17-6-5-15(11-16(13)17)18(23)21-8-7-20(3,12-21)19(24)25/h5-6,11H,7-10,12H2,1-4H3,(H,24,25)/t20-/m0/s1. The van der Waals surface area contributed by atoms with E-state index in [2.05, 4.69) is 18.4 Å². The van der Waals surface area contributed by atoms with E-state index in [-0.39, 0.29) is 12.5 Å². The van der Waals surface area contributed by atoms with Crippen molar-refractivity contribution in [3.05, 3.63) is 35.0 Å². The summed E-state index contributed by atoms with van der Waals surface area (Å²) in [6.07, 6.45) is 0.488. The number of hydrogen-bond donors (Lipinski definition) is 1. The van der Waals surface area contributed by atoms with E-state index >= 15 is 0 Å². The van der Waals surface area contributed by atoms with Crippen LogP contribution in [0.4, 0.5) is 0 Å². The van der Waals surface area contributed by atoms with E-state index in [1.54, 1.807) is 18.9 Å². The van der Waals surface area contributed by atoms with Gasteiger partial charge in [0.15, 0.2) is 0 Å². The number of ether oxygens (including phenoxy) is 1. The maximum absolute atomic E-state index is 12.9. The quantitative estimate of drug-likeness (QED) is 0.892. The van der Waals surface area contributed by atoms with Crippen molar-refractivity contribution in [3.8, 4) is 0 Å². The van der Waals surface area contributed by atoms with E-state index in [9.17, 15) is 14.7 Å². The van der Waals surface area contributed by atoms with Crippen molar-refractivity contribution in [2.24, 2.45) is 5.41 Å². The van der Waals surface area contributed by atoms with Gasteiger partial charge in [-0.15, -0.1) is 0 Å². The molecule has 0 spiro atoms. The molecular weight excluding hydrogens is 332 g/mol. The van der Waals surface area contributed by atoms with Gasteiger partial charge in [-0.05, 0) is 51.0 Å². The number of aromatic nitrogens is 1. The van der Waals surface area contributed by atoms with Crippen molar-refractivity contribution in [2.45, 2.75) is 33.7 Å². The minimum atomic E-state index is -0.851. The zero-order valence-corrected chi connectivity index (χ0v) is 15.8. The first-order valence-electron chi connectivity index (χ1n) is 8.89. The lowest BCUT2D eigenvalue weighted by Gasteiger charge is -2.20. The Balaban J connectivity index is 1.91. The summed E-state index contributed by atoms with van der Waals surface area (Å²) >= 11 is 0. The van der Waals surface area contributed by atoms with Crippen LogP contribution in [-0.4, -0.2) is 53.3 Å². The van der Waals surface area contributed by atoms with Crippen LogP contribution >= 0.6 is 0 Å². The van der Waals surface area contributed by atoms with Crippen molar-refractivity contribution in [2.75, 3.05) is 26.8 Å². The van der Waals surface area contributed by atoms with Crippen LogP contribution in [-0.2, 0) is 16.1 Å². The largest absolute Gasteiger partial charge is 0.481 e. The zero-order chi connectivity index (χ0) is 19.1. The molecule has 0 saturated carbocycles. The Hall–Kier alpha value is -2.34. The van der Waals surface area contributed by atoms with Crippen molar-refractivity contribution < 1.29 is 19.4 Å². The predicted molar refractivity (Wildman–Crippen MR) is 99.6 cm³/mol. The van der Waals surface area contributed by atoms with Crippen LogP contribution in [0.3, 0.4) is 0 Å². The maximum atomic E-state index is 12.9. The number of carbonyl (C=O) groups is 2. The molecule has 0 aliphatic carbocycles. The summed E-state index contributed by atoms with van der Waals surface area (Å²) < 4.78 is 7.41. The number of fused-ring (bicyclic) bond motifs is 1. The highest BCUT2D eigenvalue weighted by molar-refractivity contribution is 5.99. The average molecular weight is 358 g/mol. The summed E-state index contributed by atoms with van der Waals surface area (Å²) in [5.74, 6) is -0.941. The lowest BCUT2D eigenvalue weighted by molar-refractivity contribution is -0.147. The summed E-state index contributed by atoms with van der Waals surface area (Å²) in [5, 5.41) is 10.4. The molecule has 140 valence electrons. The molecule has 1 fully saturated rings. The van der Waals surface area contributed by atoms with Crippen LogP contribution in [0.15, 0.2) is 18.2 Å². The lowest BCUT2D eigenvalue weighted by Crippen LogP contribution is -2.34. The Labute approximate surface area is 153 Å². The van der Waals surface area contributed by atoms with Gasteiger partial charge in [0, 0.05) is 48.9 Å². The van der Waals surface area contributed by atoms with E-state index in [1.807, 2.05) is 18.2 Å². The van der Waals surface area contributed by atoms with Crippen LogP contribution in [0.25, 0.3) is 10.9 Å². The van der Waals surface area contributed by atoms with Crippen LogP contribution in [0.2, 0.25) is 0 Å². The molecule has 0 unspecified atom stereocenters.